The maximum absolute atomic E-state index is 17.0. The number of hydrogen-bond acceptors (Lipinski definition) is 21. The Balaban J connectivity index is 0.000000174. The van der Waals surface area contributed by atoms with Crippen LogP contribution in [0, 0.1) is 11.3 Å². The Morgan fingerprint density at radius 1 is 0.463 bits per heavy atom. The van der Waals surface area contributed by atoms with Crippen molar-refractivity contribution in [3.63, 3.8) is 0 Å². The lowest BCUT2D eigenvalue weighted by molar-refractivity contribution is -0.0986. The summed E-state index contributed by atoms with van der Waals surface area (Å²) in [4.78, 5) is 40.6. The molecular weight excluding hydrogens is 1740 g/mol. The summed E-state index contributed by atoms with van der Waals surface area (Å²) < 4.78 is 125. The van der Waals surface area contributed by atoms with Crippen molar-refractivity contribution in [2.45, 2.75) is 169 Å². The molecule has 710 valence electrons. The zero-order chi connectivity index (χ0) is 96.0. The Bertz CT molecular complexity index is 5260. The summed E-state index contributed by atoms with van der Waals surface area (Å²) in [7, 11) is 7.89. The topological polar surface area (TPSA) is 305 Å². The second kappa shape index (κ2) is 46.7. The molecule has 6 aliphatic rings. The number of urea groups is 3. The van der Waals surface area contributed by atoms with Crippen LogP contribution in [0.25, 0.3) is 0 Å². The van der Waals surface area contributed by atoms with E-state index in [-0.39, 0.29) is 55.8 Å². The molecule has 15 rings (SSSR count). The largest absolute Gasteiger partial charge is 0.497 e. The summed E-state index contributed by atoms with van der Waals surface area (Å²) in [6.45, 7) is 16.9. The Morgan fingerprint density at radius 2 is 0.776 bits per heavy atom. The van der Waals surface area contributed by atoms with E-state index >= 15 is 8.78 Å². The SMILES string of the molecule is C=C1C=CN(C2OC(COC(c3ccccc3)(c3ccc(OC)cc3)c3ccc(OC)cc3)C(OP(OCCC#N)N(C(C)C)C(C)C)C2F)C(=O)N1.CC1C=CN(C2OC(CO)C(O)C2F)C(=O)N1.COc1ccc(C(C)(c2ccccc2)c2ccc(OC)cc2)cc1.COc1ccc(C(OCC2OC(N3C=CC(C)NC3=O)C(F)C2O)(c2ccccc2)c2ccc(OC)cc2)cc1. The number of ether oxygens (including phenoxy) is 11. The lowest BCUT2D eigenvalue weighted by atomic mass is 9.71. The molecule has 15 atom stereocenters. The Labute approximate surface area is 782 Å². The molecule has 6 aliphatic heterocycles. The molecule has 9 aromatic rings. The first-order valence-electron chi connectivity index (χ1n) is 44.1. The Kier molecular flexibility index (Phi) is 35.1. The number of allylic oxidation sites excluding steroid dienone is 1. The molecule has 0 aromatic heterocycles. The minimum absolute atomic E-state index is 0.0354. The highest BCUT2D eigenvalue weighted by Gasteiger charge is 2.55. The lowest BCUT2D eigenvalue weighted by Crippen LogP contribution is -2.51. The third-order valence-corrected chi connectivity index (χ3v) is 26.0. The molecule has 0 aliphatic carbocycles. The number of methoxy groups -OCH3 is 6. The molecule has 0 radical (unpaired) electrons. The van der Waals surface area contributed by atoms with Gasteiger partial charge in [0.15, 0.2) is 37.2 Å². The second-order valence-electron chi connectivity index (χ2n) is 33.0. The molecule has 9 aromatic carbocycles. The number of benzene rings is 9. The van der Waals surface area contributed by atoms with E-state index in [9.17, 15) is 34.2 Å². The van der Waals surface area contributed by atoms with Crippen LogP contribution in [0.15, 0.2) is 286 Å². The van der Waals surface area contributed by atoms with E-state index in [4.69, 9.17) is 66.3 Å². The van der Waals surface area contributed by atoms with E-state index in [1.165, 1.54) is 35.3 Å². The normalized spacial score (nSPS) is 22.9. The fourth-order valence-electron chi connectivity index (χ4n) is 16.7. The summed E-state index contributed by atoms with van der Waals surface area (Å²) in [5.74, 6) is 4.43. The molecule has 6 heterocycles. The van der Waals surface area contributed by atoms with Crippen LogP contribution in [0.4, 0.5) is 27.6 Å². The van der Waals surface area contributed by atoms with Crippen LogP contribution in [-0.2, 0) is 49.3 Å². The van der Waals surface area contributed by atoms with Crippen LogP contribution in [-0.4, -0.2) is 220 Å². The molecule has 6 N–H and O–H groups in total. The van der Waals surface area contributed by atoms with Crippen molar-refractivity contribution in [2.24, 2.45) is 0 Å². The molecule has 15 unspecified atom stereocenters. The minimum Gasteiger partial charge on any atom is -0.497 e. The quantitative estimate of drug-likeness (QED) is 0.0126. The highest BCUT2D eigenvalue weighted by atomic mass is 31.2. The summed E-state index contributed by atoms with van der Waals surface area (Å²) in [5.41, 5.74) is 6.19. The van der Waals surface area contributed by atoms with Crippen LogP contribution in [0.2, 0.25) is 0 Å². The molecule has 134 heavy (non-hydrogen) atoms. The number of rotatable bonds is 33. The standard InChI is InChI=1S/C40H48FN4O7P.C31H33FN2O6.C22H22O2.C10H15FN2O4/c1-27(2)45(28(3)4)53(50-25-11-23-42)52-37-35(51-38(36(37)41)44-24-22-29(5)43-39(44)46)26-49-40(30-12-9-8-10-13-30,31-14-18-33(47-6)19-15-31)32-16-20-34(48-7)21-17-32;1-20-17-18-34(30(36)33-20)29-27(32)28(35)26(40-29)19-39-31(21-7-5-4-6-8-21,22-9-13-24(37-2)14-10-22)23-11-15-25(38-3)16-12-23;1-22(17-7-5-4-6-8-17,18-9-13-20(23-2)14-10-18)19-11-15-21(24-3)16-12-19;1-5-2-3-13(10(16)12-5)9-7(11)8(15)6(4-14)17-9/h8-10,12-22,24,27-28,35-38H,5,11,25-26H2,1-4,6-7H3,(H,43,46);4-18,20,26-29,35H,19H2,1-3H3,(H,33,36);4-16H,1-3H3;2-3,5-9,14-15H,4H2,1H3,(H,12,16). The Hall–Kier alpha value is -12.2. The van der Waals surface area contributed by atoms with Gasteiger partial charge in [0.25, 0.3) is 8.53 Å². The lowest BCUT2D eigenvalue weighted by Gasteiger charge is -2.39. The summed E-state index contributed by atoms with van der Waals surface area (Å²) in [6, 6.07) is 76.9. The molecule has 3 saturated heterocycles. The summed E-state index contributed by atoms with van der Waals surface area (Å²) in [5, 5.41) is 46.4. The zero-order valence-electron chi connectivity index (χ0n) is 77.2. The molecule has 0 spiro atoms. The van der Waals surface area contributed by atoms with Crippen molar-refractivity contribution in [3.05, 3.63) is 336 Å². The number of alkyl halides is 3. The van der Waals surface area contributed by atoms with Gasteiger partial charge in [-0.2, -0.15) is 5.26 Å². The fourth-order valence-corrected chi connectivity index (χ4v) is 18.5. The van der Waals surface area contributed by atoms with Gasteiger partial charge in [0.1, 0.15) is 82.3 Å². The molecule has 6 amide bonds. The van der Waals surface area contributed by atoms with Gasteiger partial charge in [-0.25, -0.2) is 32.2 Å². The van der Waals surface area contributed by atoms with Crippen molar-refractivity contribution in [3.8, 4) is 40.6 Å². The monoisotopic (exact) mass is 1860 g/mol. The second-order valence-corrected chi connectivity index (χ2v) is 34.4. The number of hydrogen-bond donors (Lipinski definition) is 6. The number of aliphatic hydroxyl groups excluding tert-OH is 3. The average molecular weight is 1860 g/mol. The average Bonchev–Trinajstić information content (AvgIpc) is 0.910. The first kappa shape index (κ1) is 101. The first-order chi connectivity index (χ1) is 64.6. The molecule has 31 heteroatoms. The maximum atomic E-state index is 17.0. The number of nitrogens with zero attached hydrogens (tertiary/aromatic N) is 5. The predicted molar refractivity (Wildman–Crippen MR) is 501 cm³/mol. The van der Waals surface area contributed by atoms with Crippen molar-refractivity contribution >= 4 is 26.6 Å². The highest BCUT2D eigenvalue weighted by molar-refractivity contribution is 7.44. The fraction of sp³-hybridized carbons (Fsp3) is 0.359. The molecule has 0 saturated carbocycles. The van der Waals surface area contributed by atoms with E-state index in [2.05, 4.69) is 84.1 Å². The predicted octanol–water partition coefficient (Wildman–Crippen LogP) is 16.5. The van der Waals surface area contributed by atoms with Gasteiger partial charge in [-0.15, -0.1) is 0 Å². The molecule has 0 bridgehead atoms. The van der Waals surface area contributed by atoms with Crippen molar-refractivity contribution < 1.29 is 104 Å². The molecular formula is C103H118F3N8O19P. The Morgan fingerprint density at radius 3 is 1.11 bits per heavy atom. The highest BCUT2D eigenvalue weighted by Crippen LogP contribution is 2.52. The van der Waals surface area contributed by atoms with Gasteiger partial charge in [-0.05, 0) is 190 Å². The number of carbonyl (C=O) groups excluding carboxylic acids is 3. The van der Waals surface area contributed by atoms with Crippen LogP contribution < -0.4 is 44.4 Å². The third kappa shape index (κ3) is 22.9. The van der Waals surface area contributed by atoms with Crippen molar-refractivity contribution in [1.82, 2.24) is 35.3 Å². The van der Waals surface area contributed by atoms with Gasteiger partial charge >= 0.3 is 18.1 Å². The first-order valence-corrected chi connectivity index (χ1v) is 45.2. The molecule has 27 nitrogen and oxygen atoms in total. The van der Waals surface area contributed by atoms with Gasteiger partial charge in [0.2, 0.25) is 0 Å². The van der Waals surface area contributed by atoms with Crippen molar-refractivity contribution in [1.29, 1.82) is 5.26 Å². The van der Waals surface area contributed by atoms with E-state index in [1.54, 1.807) is 74.7 Å². The van der Waals surface area contributed by atoms with Crippen LogP contribution >= 0.6 is 8.53 Å². The third-order valence-electron chi connectivity index (χ3n) is 23.9. The smallest absolute Gasteiger partial charge is 0.328 e. The summed E-state index contributed by atoms with van der Waals surface area (Å²) >= 11 is 0. The zero-order valence-corrected chi connectivity index (χ0v) is 78.0. The van der Waals surface area contributed by atoms with Gasteiger partial charge in [-0.1, -0.05) is 170 Å². The van der Waals surface area contributed by atoms with E-state index in [0.29, 0.717) is 28.7 Å². The van der Waals surface area contributed by atoms with Crippen LogP contribution in [0.5, 0.6) is 34.5 Å². The van der Waals surface area contributed by atoms with E-state index in [1.807, 2.05) is 220 Å². The molecule has 3 fully saturated rings. The van der Waals surface area contributed by atoms with Crippen LogP contribution in [0.3, 0.4) is 0 Å². The van der Waals surface area contributed by atoms with Gasteiger partial charge in [0.05, 0.1) is 81.6 Å². The number of halogens is 3. The number of nitriles is 1. The van der Waals surface area contributed by atoms with Crippen molar-refractivity contribution in [2.75, 3.05) is 69.1 Å². The minimum atomic E-state index is -1.89. The number of amides is 6. The number of aliphatic hydroxyl groups is 3. The summed E-state index contributed by atoms with van der Waals surface area (Å²) in [6.07, 6.45) is -7.01. The van der Waals surface area contributed by atoms with Crippen LogP contribution in [0.1, 0.15) is 105 Å². The maximum Gasteiger partial charge on any atom is 0.328 e. The van der Waals surface area contributed by atoms with Gasteiger partial charge < -0.3 is 92.4 Å². The van der Waals surface area contributed by atoms with E-state index < -0.39 is 118 Å². The van der Waals surface area contributed by atoms with Gasteiger partial charge in [-0.3, -0.25) is 14.7 Å². The number of carbonyl (C=O) groups is 3. The van der Waals surface area contributed by atoms with E-state index in [0.717, 1.165) is 59.6 Å². The number of nitrogens with one attached hydrogen (secondary N) is 3. The van der Waals surface area contributed by atoms with Gasteiger partial charge in [0, 0.05) is 53.9 Å².